The minimum absolute atomic E-state index is 0.125. The van der Waals surface area contributed by atoms with Crippen LogP contribution in [-0.2, 0) is 0 Å². The van der Waals surface area contributed by atoms with Crippen LogP contribution < -0.4 is 15.5 Å². The minimum atomic E-state index is -1.00. The maximum absolute atomic E-state index is 11.0. The molecule has 0 bridgehead atoms. The molecule has 1 unspecified atom stereocenters. The van der Waals surface area contributed by atoms with Crippen LogP contribution in [0.2, 0.25) is 5.15 Å². The Morgan fingerprint density at radius 1 is 1.50 bits per heavy atom. The van der Waals surface area contributed by atoms with Gasteiger partial charge in [0.2, 0.25) is 11.8 Å². The van der Waals surface area contributed by atoms with Gasteiger partial charge in [-0.2, -0.15) is 4.98 Å². The lowest BCUT2D eigenvalue weighted by molar-refractivity contribution is 0.0897. The van der Waals surface area contributed by atoms with Gasteiger partial charge in [0.05, 0.1) is 24.2 Å². The molecule has 122 valence electrons. The third-order valence-electron chi connectivity index (χ3n) is 4.37. The molecule has 0 radical (unpaired) electrons. The predicted molar refractivity (Wildman–Crippen MR) is 86.9 cm³/mol. The Bertz CT molecular complexity index is 555. The quantitative estimate of drug-likeness (QED) is 0.571. The highest BCUT2D eigenvalue weighted by Crippen LogP contribution is 2.37. The molecule has 0 aromatic carbocycles. The molecule has 7 nitrogen and oxygen atoms in total. The van der Waals surface area contributed by atoms with Crippen molar-refractivity contribution >= 4 is 29.5 Å². The molecule has 1 aromatic heterocycles. The molecule has 1 saturated heterocycles. The van der Waals surface area contributed by atoms with E-state index in [1.54, 1.807) is 6.07 Å². The van der Waals surface area contributed by atoms with Crippen molar-refractivity contribution in [2.45, 2.75) is 45.2 Å². The number of nitrogens with one attached hydrogen (secondary N) is 1. The molecular formula is C14H23ClN5O2+. The second-order valence-corrected chi connectivity index (χ2v) is 7.13. The normalized spacial score (nSPS) is 25.7. The van der Waals surface area contributed by atoms with Crippen LogP contribution in [0.3, 0.4) is 0 Å². The van der Waals surface area contributed by atoms with Crippen molar-refractivity contribution in [3.63, 3.8) is 0 Å². The Morgan fingerprint density at radius 3 is 2.73 bits per heavy atom. The zero-order valence-electron chi connectivity index (χ0n) is 13.1. The first-order valence-corrected chi connectivity index (χ1v) is 7.69. The lowest BCUT2D eigenvalue weighted by Crippen LogP contribution is -2.69. The summed E-state index contributed by atoms with van der Waals surface area (Å²) in [6.45, 7) is 7.81. The average Bonchev–Trinajstić information content (AvgIpc) is 2.35. The average molecular weight is 329 g/mol. The van der Waals surface area contributed by atoms with E-state index in [1.165, 1.54) is 0 Å². The number of nitrogens with zero attached hydrogens (tertiary/aromatic N) is 3. The number of halogens is 1. The van der Waals surface area contributed by atoms with E-state index in [9.17, 15) is 4.79 Å². The van der Waals surface area contributed by atoms with Crippen LogP contribution in [0.25, 0.3) is 0 Å². The summed E-state index contributed by atoms with van der Waals surface area (Å²) < 4.78 is 0.518. The van der Waals surface area contributed by atoms with Crippen LogP contribution in [0.15, 0.2) is 6.07 Å². The Kier molecular flexibility index (Phi) is 4.49. The monoisotopic (exact) mass is 328 g/mol. The number of anilines is 1. The Hall–Kier alpha value is -1.60. The van der Waals surface area contributed by atoms with Crippen molar-refractivity contribution < 1.29 is 9.90 Å². The van der Waals surface area contributed by atoms with Crippen LogP contribution in [0.4, 0.5) is 16.6 Å². The predicted octanol–water partition coefficient (Wildman–Crippen LogP) is 2.25. The first-order valence-electron chi connectivity index (χ1n) is 7.31. The summed E-state index contributed by atoms with van der Waals surface area (Å²) in [5.74, 6) is 0.874. The highest BCUT2D eigenvalue weighted by molar-refractivity contribution is 6.29. The molecular weight excluding hydrogens is 306 g/mol. The number of aromatic nitrogens is 2. The lowest BCUT2D eigenvalue weighted by Gasteiger charge is -2.51. The molecule has 1 aromatic rings. The molecule has 8 heteroatoms. The fourth-order valence-corrected chi connectivity index (χ4v) is 3.45. The summed E-state index contributed by atoms with van der Waals surface area (Å²) in [6.07, 6.45) is 0.708. The number of hydrogen-bond acceptors (Lipinski definition) is 4. The number of amides is 1. The van der Waals surface area contributed by atoms with Crippen molar-refractivity contribution in [1.29, 1.82) is 0 Å². The lowest BCUT2D eigenvalue weighted by atomic mass is 9.92. The number of carboxylic acid groups (broad SMARTS) is 1. The topological polar surface area (TPSA) is 101 Å². The molecule has 0 spiro atoms. The molecule has 4 N–H and O–H groups in total. The molecule has 0 aliphatic carbocycles. The molecule has 1 fully saturated rings. The van der Waals surface area contributed by atoms with E-state index in [0.29, 0.717) is 16.2 Å². The Balaban J connectivity index is 2.46. The number of nitrogen functional groups attached to an aromatic ring is 1. The van der Waals surface area contributed by atoms with Gasteiger partial charge in [-0.15, -0.1) is 0 Å². The molecule has 0 saturated carbocycles. The number of carbonyl (C=O) groups is 1. The maximum Gasteiger partial charge on any atom is 0.405 e. The second-order valence-electron chi connectivity index (χ2n) is 6.74. The highest BCUT2D eigenvalue weighted by atomic mass is 35.5. The molecule has 2 rings (SSSR count). The summed E-state index contributed by atoms with van der Waals surface area (Å²) in [5, 5.41) is 11.9. The highest BCUT2D eigenvalue weighted by Gasteiger charge is 2.47. The minimum Gasteiger partial charge on any atom is -0.465 e. The smallest absolute Gasteiger partial charge is 0.405 e. The van der Waals surface area contributed by atoms with Gasteiger partial charge in [0, 0.05) is 0 Å². The first-order chi connectivity index (χ1) is 10.1. The SMILES string of the molecule is CC(C)(C)[N+]1(c2cc(Cl)nc(N)n2)CCC[C@@H](NC(=O)O)C1. The fraction of sp³-hybridized carbons (Fsp3) is 0.643. The van der Waals surface area contributed by atoms with Crippen LogP contribution in [0, 0.1) is 0 Å². The van der Waals surface area contributed by atoms with Crippen LogP contribution >= 0.6 is 11.6 Å². The van der Waals surface area contributed by atoms with E-state index in [2.05, 4.69) is 36.1 Å². The molecule has 2 atom stereocenters. The Labute approximate surface area is 135 Å². The number of rotatable bonds is 2. The largest absolute Gasteiger partial charge is 0.465 e. The number of quaternary nitrogens is 1. The van der Waals surface area contributed by atoms with Crippen molar-refractivity contribution in [2.24, 2.45) is 0 Å². The van der Waals surface area contributed by atoms with E-state index in [-0.39, 0.29) is 17.5 Å². The van der Waals surface area contributed by atoms with Gasteiger partial charge in [-0.1, -0.05) is 11.6 Å². The van der Waals surface area contributed by atoms with E-state index in [4.69, 9.17) is 22.4 Å². The third-order valence-corrected chi connectivity index (χ3v) is 4.57. The number of likely N-dealkylation sites (tertiary alicyclic amines) is 1. The van der Waals surface area contributed by atoms with Gasteiger partial charge in [-0.25, -0.2) is 9.78 Å². The number of piperidine rings is 1. The van der Waals surface area contributed by atoms with Gasteiger partial charge in [-0.05, 0) is 33.6 Å². The van der Waals surface area contributed by atoms with Crippen molar-refractivity contribution in [1.82, 2.24) is 19.8 Å². The maximum atomic E-state index is 11.0. The fourth-order valence-electron chi connectivity index (χ4n) is 3.26. The summed E-state index contributed by atoms with van der Waals surface area (Å²) >= 11 is 6.05. The van der Waals surface area contributed by atoms with E-state index in [0.717, 1.165) is 25.2 Å². The van der Waals surface area contributed by atoms with Crippen LogP contribution in [0.5, 0.6) is 0 Å². The third kappa shape index (κ3) is 3.25. The zero-order valence-corrected chi connectivity index (χ0v) is 13.9. The summed E-state index contributed by atoms with van der Waals surface area (Å²) in [7, 11) is 0. The van der Waals surface area contributed by atoms with Crippen LogP contribution in [-0.4, -0.2) is 45.8 Å². The second kappa shape index (κ2) is 5.89. The van der Waals surface area contributed by atoms with Crippen molar-refractivity contribution in [3.05, 3.63) is 11.2 Å². The van der Waals surface area contributed by atoms with Gasteiger partial charge in [0.15, 0.2) is 0 Å². The van der Waals surface area contributed by atoms with E-state index < -0.39 is 6.09 Å². The van der Waals surface area contributed by atoms with E-state index in [1.807, 2.05) is 0 Å². The molecule has 1 aliphatic rings. The van der Waals surface area contributed by atoms with Gasteiger partial charge < -0.3 is 16.2 Å². The number of nitrogens with two attached hydrogens (primary N) is 1. The standard InChI is InChI=1S/C14H22ClN5O2/c1-14(2,3)20(11-7-10(15)18-12(16)19-11)6-4-5-9(8-20)17-13(21)22/h7,9,17H,4-6,8H2,1-3H3,(H2-,16,18,19,21,22)/p+1/t9-,20?/m1/s1. The van der Waals surface area contributed by atoms with Crippen LogP contribution in [0.1, 0.15) is 33.6 Å². The molecule has 22 heavy (non-hydrogen) atoms. The van der Waals surface area contributed by atoms with Gasteiger partial charge in [0.1, 0.15) is 11.7 Å². The summed E-state index contributed by atoms with van der Waals surface area (Å²) in [4.78, 5) is 19.3. The van der Waals surface area contributed by atoms with Crippen molar-refractivity contribution in [2.75, 3.05) is 18.8 Å². The van der Waals surface area contributed by atoms with Gasteiger partial charge >= 0.3 is 6.09 Å². The van der Waals surface area contributed by atoms with Gasteiger partial charge in [-0.3, -0.25) is 4.48 Å². The zero-order chi connectivity index (χ0) is 16.5. The number of hydrogen-bond donors (Lipinski definition) is 3. The summed E-state index contributed by atoms with van der Waals surface area (Å²) in [5.41, 5.74) is 5.58. The summed E-state index contributed by atoms with van der Waals surface area (Å²) in [6, 6.07) is 1.60. The first kappa shape index (κ1) is 16.8. The molecule has 2 heterocycles. The molecule has 1 amide bonds. The Morgan fingerprint density at radius 2 is 2.18 bits per heavy atom. The van der Waals surface area contributed by atoms with Crippen molar-refractivity contribution in [3.8, 4) is 0 Å². The van der Waals surface area contributed by atoms with Gasteiger partial charge in [0.25, 0.3) is 0 Å². The van der Waals surface area contributed by atoms with E-state index >= 15 is 0 Å². The molecule has 1 aliphatic heterocycles.